The molecule has 2 saturated heterocycles. The van der Waals surface area contributed by atoms with E-state index < -0.39 is 0 Å². The molecule has 136 valence electrons. The molecule has 2 aromatic rings. The Morgan fingerprint density at radius 2 is 2.00 bits per heavy atom. The summed E-state index contributed by atoms with van der Waals surface area (Å²) >= 11 is 0. The van der Waals surface area contributed by atoms with Crippen LogP contribution in [-0.2, 0) is 9.59 Å². The van der Waals surface area contributed by atoms with E-state index in [1.165, 1.54) is 0 Å². The van der Waals surface area contributed by atoms with Gasteiger partial charge in [0.25, 0.3) is 0 Å². The molecule has 2 amide bonds. The number of fused-ring (bicyclic) bond motifs is 1. The fourth-order valence-electron chi connectivity index (χ4n) is 4.46. The van der Waals surface area contributed by atoms with Gasteiger partial charge in [0.05, 0.1) is 17.0 Å². The number of nitrogens with zero attached hydrogens (tertiary/aromatic N) is 3. The van der Waals surface area contributed by atoms with Gasteiger partial charge in [-0.25, -0.2) is 4.98 Å². The summed E-state index contributed by atoms with van der Waals surface area (Å²) in [6.45, 7) is 2.12. The first-order valence-corrected chi connectivity index (χ1v) is 9.72. The van der Waals surface area contributed by atoms with Crippen LogP contribution in [0, 0.1) is 5.92 Å². The van der Waals surface area contributed by atoms with Gasteiger partial charge in [-0.2, -0.15) is 0 Å². The third-order valence-electron chi connectivity index (χ3n) is 6.02. The van der Waals surface area contributed by atoms with Crippen molar-refractivity contribution in [2.75, 3.05) is 19.6 Å². The van der Waals surface area contributed by atoms with E-state index in [0.29, 0.717) is 25.6 Å². The van der Waals surface area contributed by atoms with Gasteiger partial charge < -0.3 is 14.8 Å². The van der Waals surface area contributed by atoms with Gasteiger partial charge in [0.2, 0.25) is 11.8 Å². The number of aromatic nitrogens is 2. The topological polar surface area (TPSA) is 69.3 Å². The number of amides is 2. The Bertz CT molecular complexity index is 823. The minimum atomic E-state index is -0.155. The molecule has 6 heteroatoms. The van der Waals surface area contributed by atoms with Crippen LogP contribution in [0.4, 0.5) is 0 Å². The third kappa shape index (κ3) is 2.77. The molecule has 1 aliphatic carbocycles. The predicted molar refractivity (Wildman–Crippen MR) is 97.5 cm³/mol. The molecule has 3 aliphatic rings. The number of carbonyl (C=O) groups excluding carboxylic acids is 2. The van der Waals surface area contributed by atoms with Gasteiger partial charge in [-0.3, -0.25) is 9.59 Å². The van der Waals surface area contributed by atoms with Crippen molar-refractivity contribution in [1.29, 1.82) is 0 Å². The van der Waals surface area contributed by atoms with Crippen molar-refractivity contribution in [3.63, 3.8) is 0 Å². The largest absolute Gasteiger partial charge is 0.342 e. The van der Waals surface area contributed by atoms with Crippen LogP contribution in [-0.4, -0.2) is 57.3 Å². The second-order valence-corrected chi connectivity index (χ2v) is 7.94. The van der Waals surface area contributed by atoms with E-state index in [2.05, 4.69) is 4.98 Å². The standard InChI is InChI=1S/C20H24N4O2/c25-18-10-14(12-24(18)15-7-8-15)20(26)23-9-3-4-13(11-23)19-21-16-5-1-2-6-17(16)22-19/h1-2,5-6,13-15H,3-4,7-12H2,(H,21,22)/t13-,14-/m0/s1. The summed E-state index contributed by atoms with van der Waals surface area (Å²) in [5, 5.41) is 0. The molecule has 3 heterocycles. The van der Waals surface area contributed by atoms with Crippen molar-refractivity contribution in [2.24, 2.45) is 5.92 Å². The first-order valence-electron chi connectivity index (χ1n) is 9.72. The van der Waals surface area contributed by atoms with Crippen molar-refractivity contribution in [2.45, 2.75) is 44.1 Å². The average Bonchev–Trinajstić information content (AvgIpc) is 3.29. The van der Waals surface area contributed by atoms with Gasteiger partial charge in [-0.15, -0.1) is 0 Å². The molecule has 1 aromatic heterocycles. The lowest BCUT2D eigenvalue weighted by Crippen LogP contribution is -2.43. The SMILES string of the molecule is O=C([C@H]1CC(=O)N(C2CC2)C1)N1CCC[C@H](c2nc3ccccc3[nH]2)C1. The fourth-order valence-corrected chi connectivity index (χ4v) is 4.46. The first-order chi connectivity index (χ1) is 12.7. The van der Waals surface area contributed by atoms with Gasteiger partial charge in [0.1, 0.15) is 5.82 Å². The van der Waals surface area contributed by atoms with Gasteiger partial charge in [-0.05, 0) is 37.8 Å². The van der Waals surface area contributed by atoms with Crippen molar-refractivity contribution >= 4 is 22.8 Å². The third-order valence-corrected chi connectivity index (χ3v) is 6.02. The molecule has 0 spiro atoms. The Balaban J connectivity index is 1.29. The van der Waals surface area contributed by atoms with E-state index in [1.807, 2.05) is 34.1 Å². The Morgan fingerprint density at radius 1 is 1.15 bits per heavy atom. The lowest BCUT2D eigenvalue weighted by atomic mass is 9.95. The summed E-state index contributed by atoms with van der Waals surface area (Å²) in [6.07, 6.45) is 4.62. The van der Waals surface area contributed by atoms with Crippen molar-refractivity contribution in [3.8, 4) is 0 Å². The molecule has 5 rings (SSSR count). The minimum absolute atomic E-state index is 0.155. The van der Waals surface area contributed by atoms with Crippen molar-refractivity contribution in [1.82, 2.24) is 19.8 Å². The molecule has 3 fully saturated rings. The highest BCUT2D eigenvalue weighted by Gasteiger charge is 2.43. The smallest absolute Gasteiger partial charge is 0.228 e. The summed E-state index contributed by atoms with van der Waals surface area (Å²) in [7, 11) is 0. The molecular formula is C20H24N4O2. The van der Waals surface area contributed by atoms with Gasteiger partial charge in [-0.1, -0.05) is 12.1 Å². The van der Waals surface area contributed by atoms with Crippen LogP contribution in [0.2, 0.25) is 0 Å². The monoisotopic (exact) mass is 352 g/mol. The molecule has 0 unspecified atom stereocenters. The highest BCUT2D eigenvalue weighted by atomic mass is 16.2. The maximum atomic E-state index is 13.0. The molecule has 2 aliphatic heterocycles. The summed E-state index contributed by atoms with van der Waals surface area (Å²) in [5.41, 5.74) is 2.03. The molecule has 26 heavy (non-hydrogen) atoms. The first kappa shape index (κ1) is 15.9. The van der Waals surface area contributed by atoms with Crippen LogP contribution in [0.1, 0.15) is 43.8 Å². The quantitative estimate of drug-likeness (QED) is 0.921. The Labute approximate surface area is 152 Å². The van der Waals surface area contributed by atoms with Crippen LogP contribution in [0.5, 0.6) is 0 Å². The Hall–Kier alpha value is -2.37. The van der Waals surface area contributed by atoms with E-state index in [1.54, 1.807) is 0 Å². The Kier molecular flexibility index (Phi) is 3.72. The number of carbonyl (C=O) groups is 2. The molecule has 0 bridgehead atoms. The highest BCUT2D eigenvalue weighted by molar-refractivity contribution is 5.89. The van der Waals surface area contributed by atoms with Crippen molar-refractivity contribution in [3.05, 3.63) is 30.1 Å². The van der Waals surface area contributed by atoms with Crippen molar-refractivity contribution < 1.29 is 9.59 Å². The number of H-pyrrole nitrogens is 1. The summed E-state index contributed by atoms with van der Waals surface area (Å²) < 4.78 is 0. The average molecular weight is 352 g/mol. The number of hydrogen-bond donors (Lipinski definition) is 1. The zero-order valence-electron chi connectivity index (χ0n) is 14.9. The summed E-state index contributed by atoms with van der Waals surface area (Å²) in [4.78, 5) is 37.2. The van der Waals surface area contributed by atoms with E-state index in [-0.39, 0.29) is 23.7 Å². The molecule has 1 N–H and O–H groups in total. The van der Waals surface area contributed by atoms with Crippen LogP contribution in [0.3, 0.4) is 0 Å². The number of piperidine rings is 1. The zero-order valence-corrected chi connectivity index (χ0v) is 14.9. The Morgan fingerprint density at radius 3 is 2.81 bits per heavy atom. The number of para-hydroxylation sites is 2. The number of benzene rings is 1. The molecule has 2 atom stereocenters. The number of likely N-dealkylation sites (tertiary alicyclic amines) is 2. The summed E-state index contributed by atoms with van der Waals surface area (Å²) in [5.74, 6) is 1.39. The molecule has 0 radical (unpaired) electrons. The fraction of sp³-hybridized carbons (Fsp3) is 0.550. The number of nitrogens with one attached hydrogen (secondary N) is 1. The van der Waals surface area contributed by atoms with E-state index in [9.17, 15) is 9.59 Å². The minimum Gasteiger partial charge on any atom is -0.342 e. The highest BCUT2D eigenvalue weighted by Crippen LogP contribution is 2.34. The predicted octanol–water partition coefficient (Wildman–Crippen LogP) is 2.28. The van der Waals surface area contributed by atoms with Crippen LogP contribution < -0.4 is 0 Å². The molecule has 1 aromatic carbocycles. The number of hydrogen-bond acceptors (Lipinski definition) is 3. The van der Waals surface area contributed by atoms with Gasteiger partial charge in [0.15, 0.2) is 0 Å². The maximum Gasteiger partial charge on any atom is 0.228 e. The molecular weight excluding hydrogens is 328 g/mol. The van der Waals surface area contributed by atoms with E-state index in [4.69, 9.17) is 4.98 Å². The van der Waals surface area contributed by atoms with Crippen LogP contribution >= 0.6 is 0 Å². The van der Waals surface area contributed by atoms with Gasteiger partial charge in [0, 0.05) is 38.0 Å². The maximum absolute atomic E-state index is 13.0. The van der Waals surface area contributed by atoms with E-state index >= 15 is 0 Å². The number of imidazole rings is 1. The van der Waals surface area contributed by atoms with Crippen LogP contribution in [0.25, 0.3) is 11.0 Å². The lowest BCUT2D eigenvalue weighted by molar-refractivity contribution is -0.137. The number of aromatic amines is 1. The normalized spacial score (nSPS) is 26.7. The van der Waals surface area contributed by atoms with Crippen LogP contribution in [0.15, 0.2) is 24.3 Å². The molecule has 6 nitrogen and oxygen atoms in total. The summed E-state index contributed by atoms with van der Waals surface area (Å²) in [6, 6.07) is 8.45. The zero-order chi connectivity index (χ0) is 17.7. The second kappa shape index (κ2) is 6.11. The van der Waals surface area contributed by atoms with E-state index in [0.717, 1.165) is 49.1 Å². The second-order valence-electron chi connectivity index (χ2n) is 7.94. The lowest BCUT2D eigenvalue weighted by Gasteiger charge is -2.33. The number of rotatable bonds is 3. The molecule has 1 saturated carbocycles. The van der Waals surface area contributed by atoms with Gasteiger partial charge >= 0.3 is 0 Å².